The number of hydrazone groups is 1. The van der Waals surface area contributed by atoms with Crippen molar-refractivity contribution in [1.29, 1.82) is 0 Å². The largest absolute Gasteiger partial charge is 0.507 e. The second-order valence-electron chi connectivity index (χ2n) is 6.47. The lowest BCUT2D eigenvalue weighted by Gasteiger charge is -2.17. The lowest BCUT2D eigenvalue weighted by molar-refractivity contribution is -0.126. The molecule has 3 aromatic carbocycles. The Kier molecular flexibility index (Phi) is 7.34. The van der Waals surface area contributed by atoms with Gasteiger partial charge in [-0.15, -0.1) is 0 Å². The number of nitrogens with zero attached hydrogens (tertiary/aromatic N) is 1. The summed E-state index contributed by atoms with van der Waals surface area (Å²) in [6.07, 6.45) is 1.33. The normalized spacial score (nSPS) is 10.9. The maximum absolute atomic E-state index is 12.9. The van der Waals surface area contributed by atoms with E-state index in [9.17, 15) is 14.7 Å². The predicted octanol–water partition coefficient (Wildman–Crippen LogP) is 3.55. The Labute approximate surface area is 182 Å². The van der Waals surface area contributed by atoms with Gasteiger partial charge in [0.2, 0.25) is 5.91 Å². The van der Waals surface area contributed by atoms with Gasteiger partial charge in [-0.3, -0.25) is 9.59 Å². The molecule has 3 rings (SSSR count). The van der Waals surface area contributed by atoms with Crippen LogP contribution in [0, 0.1) is 0 Å². The lowest BCUT2D eigenvalue weighted by Crippen LogP contribution is -2.37. The molecule has 0 heterocycles. The van der Waals surface area contributed by atoms with Crippen LogP contribution in [0.3, 0.4) is 0 Å². The number of benzene rings is 3. The smallest absolute Gasteiger partial charge is 0.259 e. The summed E-state index contributed by atoms with van der Waals surface area (Å²) in [4.78, 5) is 24.9. The maximum Gasteiger partial charge on any atom is 0.259 e. The first kappa shape index (κ1) is 21.3. The molecular weight excluding hydrogens is 446 g/mol. The second kappa shape index (κ2) is 10.4. The van der Waals surface area contributed by atoms with Gasteiger partial charge in [0.05, 0.1) is 18.7 Å². The second-order valence-corrected chi connectivity index (χ2v) is 7.38. The topological polar surface area (TPSA) is 90.8 Å². The molecule has 3 N–H and O–H groups in total. The fourth-order valence-corrected chi connectivity index (χ4v) is 3.28. The van der Waals surface area contributed by atoms with E-state index in [1.807, 2.05) is 60.7 Å². The quantitative estimate of drug-likeness (QED) is 0.368. The number of halogens is 1. The average molecular weight is 466 g/mol. The summed E-state index contributed by atoms with van der Waals surface area (Å²) in [5.41, 5.74) is 4.46. The summed E-state index contributed by atoms with van der Waals surface area (Å²) in [6, 6.07) is 23.7. The Morgan fingerprint density at radius 2 is 1.57 bits per heavy atom. The fourth-order valence-electron chi connectivity index (χ4n) is 2.90. The van der Waals surface area contributed by atoms with Crippen LogP contribution in [0.4, 0.5) is 0 Å². The van der Waals surface area contributed by atoms with Crippen LogP contribution in [-0.4, -0.2) is 29.7 Å². The Bertz CT molecular complexity index is 1000. The van der Waals surface area contributed by atoms with Crippen LogP contribution < -0.4 is 10.7 Å². The van der Waals surface area contributed by atoms with E-state index in [0.717, 1.165) is 15.6 Å². The van der Waals surface area contributed by atoms with E-state index >= 15 is 0 Å². The van der Waals surface area contributed by atoms with Crippen LogP contribution in [-0.2, 0) is 9.59 Å². The van der Waals surface area contributed by atoms with Crippen molar-refractivity contribution >= 4 is 34.0 Å². The number of nitrogens with one attached hydrogen (secondary N) is 2. The molecular formula is C23H20BrN3O3. The minimum absolute atomic E-state index is 0.0399. The number of hydrogen-bond donors (Lipinski definition) is 3. The molecule has 0 radical (unpaired) electrons. The lowest BCUT2D eigenvalue weighted by atomic mass is 9.90. The molecule has 2 amide bonds. The first-order chi connectivity index (χ1) is 14.5. The number of carbonyl (C=O) groups is 2. The Hall–Kier alpha value is -3.45. The first-order valence-corrected chi connectivity index (χ1v) is 10.0. The number of phenols is 1. The van der Waals surface area contributed by atoms with Crippen molar-refractivity contribution in [2.24, 2.45) is 5.10 Å². The van der Waals surface area contributed by atoms with Gasteiger partial charge in [-0.05, 0) is 29.3 Å². The number of carbonyl (C=O) groups excluding carboxylic acids is 2. The van der Waals surface area contributed by atoms with Gasteiger partial charge in [-0.25, -0.2) is 5.43 Å². The number of amides is 2. The molecule has 0 saturated heterocycles. The van der Waals surface area contributed by atoms with Crippen LogP contribution >= 0.6 is 15.9 Å². The Morgan fingerprint density at radius 3 is 2.17 bits per heavy atom. The summed E-state index contributed by atoms with van der Waals surface area (Å²) < 4.78 is 0.771. The summed E-state index contributed by atoms with van der Waals surface area (Å²) in [5.74, 6) is -1.24. The van der Waals surface area contributed by atoms with Crippen molar-refractivity contribution in [1.82, 2.24) is 10.7 Å². The van der Waals surface area contributed by atoms with Gasteiger partial charge in [0, 0.05) is 10.0 Å². The standard InChI is InChI=1S/C23H20BrN3O3/c24-19-11-12-20(28)18(13-19)14-26-27-21(29)15-25-23(30)22(16-7-3-1-4-8-16)17-9-5-2-6-10-17/h1-14,22,28H,15H2,(H,25,30)(H,27,29)/b26-14+. The van der Waals surface area contributed by atoms with Gasteiger partial charge in [0.15, 0.2) is 0 Å². The van der Waals surface area contributed by atoms with E-state index in [4.69, 9.17) is 0 Å². The van der Waals surface area contributed by atoms with Crippen molar-refractivity contribution in [2.45, 2.75) is 5.92 Å². The summed E-state index contributed by atoms with van der Waals surface area (Å²) in [7, 11) is 0. The molecule has 152 valence electrons. The summed E-state index contributed by atoms with van der Waals surface area (Å²) in [5, 5.41) is 16.3. The Morgan fingerprint density at radius 1 is 0.967 bits per heavy atom. The van der Waals surface area contributed by atoms with Crippen molar-refractivity contribution in [2.75, 3.05) is 6.54 Å². The van der Waals surface area contributed by atoms with E-state index in [1.165, 1.54) is 12.3 Å². The molecule has 0 spiro atoms. The molecule has 0 aliphatic carbocycles. The molecule has 7 heteroatoms. The zero-order chi connectivity index (χ0) is 21.3. The van der Waals surface area contributed by atoms with E-state index in [0.29, 0.717) is 5.56 Å². The van der Waals surface area contributed by atoms with E-state index in [1.54, 1.807) is 12.1 Å². The predicted molar refractivity (Wildman–Crippen MR) is 119 cm³/mol. The van der Waals surface area contributed by atoms with E-state index < -0.39 is 11.8 Å². The van der Waals surface area contributed by atoms with E-state index in [-0.39, 0.29) is 18.2 Å². The van der Waals surface area contributed by atoms with Gasteiger partial charge in [-0.2, -0.15) is 5.10 Å². The highest BCUT2D eigenvalue weighted by molar-refractivity contribution is 9.10. The SMILES string of the molecule is O=C(CNC(=O)C(c1ccccc1)c1ccccc1)N/N=C/c1cc(Br)ccc1O. The average Bonchev–Trinajstić information content (AvgIpc) is 2.76. The highest BCUT2D eigenvalue weighted by Crippen LogP contribution is 2.24. The minimum Gasteiger partial charge on any atom is -0.507 e. The zero-order valence-electron chi connectivity index (χ0n) is 16.0. The van der Waals surface area contributed by atoms with Crippen molar-refractivity contribution in [3.05, 3.63) is 100 Å². The van der Waals surface area contributed by atoms with Gasteiger partial charge in [0.1, 0.15) is 5.75 Å². The molecule has 0 fully saturated rings. The number of aromatic hydroxyl groups is 1. The summed E-state index contributed by atoms with van der Waals surface area (Å²) >= 11 is 3.30. The maximum atomic E-state index is 12.9. The molecule has 0 unspecified atom stereocenters. The molecule has 0 aromatic heterocycles. The molecule has 0 aliphatic heterocycles. The monoisotopic (exact) mass is 465 g/mol. The molecule has 0 bridgehead atoms. The molecule has 0 aliphatic rings. The zero-order valence-corrected chi connectivity index (χ0v) is 17.5. The van der Waals surface area contributed by atoms with Crippen molar-refractivity contribution < 1.29 is 14.7 Å². The highest BCUT2D eigenvalue weighted by Gasteiger charge is 2.22. The minimum atomic E-state index is -0.526. The fraction of sp³-hybridized carbons (Fsp3) is 0.0870. The number of hydrogen-bond acceptors (Lipinski definition) is 4. The van der Waals surface area contributed by atoms with Crippen LogP contribution in [0.1, 0.15) is 22.6 Å². The number of phenolic OH excluding ortho intramolecular Hbond substituents is 1. The van der Waals surface area contributed by atoms with Crippen LogP contribution in [0.15, 0.2) is 88.4 Å². The van der Waals surface area contributed by atoms with Crippen molar-refractivity contribution in [3.8, 4) is 5.75 Å². The van der Waals surface area contributed by atoms with Crippen LogP contribution in [0.5, 0.6) is 5.75 Å². The highest BCUT2D eigenvalue weighted by atomic mass is 79.9. The summed E-state index contributed by atoms with van der Waals surface area (Å²) in [6.45, 7) is -0.225. The van der Waals surface area contributed by atoms with Crippen LogP contribution in [0.2, 0.25) is 0 Å². The van der Waals surface area contributed by atoms with Gasteiger partial charge in [-0.1, -0.05) is 76.6 Å². The molecule has 6 nitrogen and oxygen atoms in total. The Balaban J connectivity index is 1.62. The molecule has 3 aromatic rings. The van der Waals surface area contributed by atoms with Crippen LogP contribution in [0.25, 0.3) is 0 Å². The third kappa shape index (κ3) is 5.78. The molecule has 0 saturated carbocycles. The van der Waals surface area contributed by atoms with Gasteiger partial charge in [0.25, 0.3) is 5.91 Å². The molecule has 0 atom stereocenters. The third-order valence-corrected chi connectivity index (χ3v) is 4.83. The van der Waals surface area contributed by atoms with E-state index in [2.05, 4.69) is 31.8 Å². The number of rotatable bonds is 7. The third-order valence-electron chi connectivity index (χ3n) is 4.33. The van der Waals surface area contributed by atoms with Gasteiger partial charge >= 0.3 is 0 Å². The molecule has 30 heavy (non-hydrogen) atoms. The van der Waals surface area contributed by atoms with Crippen molar-refractivity contribution in [3.63, 3.8) is 0 Å². The first-order valence-electron chi connectivity index (χ1n) is 9.22. The van der Waals surface area contributed by atoms with Gasteiger partial charge < -0.3 is 10.4 Å².